The molecule has 0 saturated carbocycles. The van der Waals surface area contributed by atoms with Crippen LogP contribution in [0.3, 0.4) is 0 Å². The fourth-order valence-corrected chi connectivity index (χ4v) is 3.16. The van der Waals surface area contributed by atoms with E-state index in [1.807, 2.05) is 67.4 Å². The van der Waals surface area contributed by atoms with E-state index in [0.29, 0.717) is 32.2 Å². The molecule has 0 fully saturated rings. The number of likely N-dealkylation sites (N-methyl/N-ethyl adjacent to an activating group) is 1. The molecule has 8 heteroatoms. The number of para-hydroxylation sites is 2. The number of nitrogens with zero attached hydrogens (tertiary/aromatic N) is 4. The summed E-state index contributed by atoms with van der Waals surface area (Å²) in [6, 6.07) is 16.4. The molecule has 0 saturated heterocycles. The molecule has 1 unspecified atom stereocenters. The molecule has 2 aromatic heterocycles. The van der Waals surface area contributed by atoms with Crippen molar-refractivity contribution in [3.05, 3.63) is 66.2 Å². The number of ether oxygens (including phenoxy) is 2. The SMILES string of the molecule is CCOC(Cc1ccc(OCCN(C)c2nc3ccccc3o2)cc1)c1ncn[nH]1. The van der Waals surface area contributed by atoms with Crippen LogP contribution in [0.5, 0.6) is 5.75 Å². The standard InChI is InChI=1S/C22H25N5O3/c1-3-28-20(21-23-15-24-26-21)14-16-8-10-17(11-9-16)29-13-12-27(2)22-25-18-6-4-5-7-19(18)30-22/h4-11,15,20H,3,12-14H2,1-2H3,(H,23,24,26). The highest BCUT2D eigenvalue weighted by Crippen LogP contribution is 2.22. The summed E-state index contributed by atoms with van der Waals surface area (Å²) >= 11 is 0. The lowest BCUT2D eigenvalue weighted by atomic mass is 10.1. The summed E-state index contributed by atoms with van der Waals surface area (Å²) in [5.41, 5.74) is 2.78. The number of fused-ring (bicyclic) bond motifs is 1. The second-order valence-electron chi connectivity index (χ2n) is 6.90. The molecule has 4 rings (SSSR count). The quantitative estimate of drug-likeness (QED) is 0.428. The van der Waals surface area contributed by atoms with E-state index in [0.717, 1.165) is 28.2 Å². The van der Waals surface area contributed by atoms with Crippen LogP contribution in [-0.2, 0) is 11.2 Å². The summed E-state index contributed by atoms with van der Waals surface area (Å²) in [6.07, 6.45) is 2.06. The Hall–Kier alpha value is -3.39. The summed E-state index contributed by atoms with van der Waals surface area (Å²) in [4.78, 5) is 10.6. The molecule has 0 radical (unpaired) electrons. The van der Waals surface area contributed by atoms with Gasteiger partial charge in [0, 0.05) is 20.1 Å². The molecular weight excluding hydrogens is 382 g/mol. The van der Waals surface area contributed by atoms with E-state index in [4.69, 9.17) is 13.9 Å². The summed E-state index contributed by atoms with van der Waals surface area (Å²) in [5.74, 6) is 1.55. The maximum Gasteiger partial charge on any atom is 0.298 e. The van der Waals surface area contributed by atoms with Crippen molar-refractivity contribution in [1.29, 1.82) is 0 Å². The third-order valence-corrected chi connectivity index (χ3v) is 4.76. The molecule has 1 atom stereocenters. The van der Waals surface area contributed by atoms with Crippen LogP contribution in [0.1, 0.15) is 24.4 Å². The molecule has 0 amide bonds. The van der Waals surface area contributed by atoms with Gasteiger partial charge >= 0.3 is 0 Å². The van der Waals surface area contributed by atoms with Crippen LogP contribution in [0.4, 0.5) is 6.01 Å². The lowest BCUT2D eigenvalue weighted by Crippen LogP contribution is -2.23. The third kappa shape index (κ3) is 4.77. The first-order valence-corrected chi connectivity index (χ1v) is 9.98. The van der Waals surface area contributed by atoms with Crippen LogP contribution in [0, 0.1) is 0 Å². The Labute approximate surface area is 174 Å². The van der Waals surface area contributed by atoms with Crippen LogP contribution in [0.15, 0.2) is 59.3 Å². The van der Waals surface area contributed by atoms with Crippen molar-refractivity contribution in [1.82, 2.24) is 20.2 Å². The van der Waals surface area contributed by atoms with Crippen molar-refractivity contribution in [2.75, 3.05) is 31.7 Å². The van der Waals surface area contributed by atoms with Crippen LogP contribution >= 0.6 is 0 Å². The van der Waals surface area contributed by atoms with Gasteiger partial charge in [0.05, 0.1) is 6.54 Å². The number of aromatic amines is 1. The van der Waals surface area contributed by atoms with Gasteiger partial charge in [-0.2, -0.15) is 10.1 Å². The van der Waals surface area contributed by atoms with Crippen molar-refractivity contribution >= 4 is 17.1 Å². The molecule has 2 aromatic carbocycles. The number of oxazole rings is 1. The topological polar surface area (TPSA) is 89.3 Å². The van der Waals surface area contributed by atoms with Gasteiger partial charge in [0.25, 0.3) is 6.01 Å². The maximum atomic E-state index is 5.88. The predicted molar refractivity (Wildman–Crippen MR) is 114 cm³/mol. The number of rotatable bonds is 10. The summed E-state index contributed by atoms with van der Waals surface area (Å²) in [5, 5.41) is 6.80. The molecule has 156 valence electrons. The van der Waals surface area contributed by atoms with Crippen LogP contribution < -0.4 is 9.64 Å². The lowest BCUT2D eigenvalue weighted by molar-refractivity contribution is 0.0567. The van der Waals surface area contributed by atoms with E-state index in [-0.39, 0.29) is 6.10 Å². The first kappa shape index (κ1) is 19.9. The molecule has 0 bridgehead atoms. The smallest absolute Gasteiger partial charge is 0.298 e. The van der Waals surface area contributed by atoms with Gasteiger partial charge < -0.3 is 18.8 Å². The van der Waals surface area contributed by atoms with Crippen molar-refractivity contribution in [2.45, 2.75) is 19.4 Å². The van der Waals surface area contributed by atoms with E-state index in [1.165, 1.54) is 6.33 Å². The van der Waals surface area contributed by atoms with Crippen molar-refractivity contribution in [3.63, 3.8) is 0 Å². The Morgan fingerprint density at radius 3 is 2.70 bits per heavy atom. The Kier molecular flexibility index (Phi) is 6.24. The second-order valence-corrected chi connectivity index (χ2v) is 6.90. The number of anilines is 1. The monoisotopic (exact) mass is 407 g/mol. The minimum Gasteiger partial charge on any atom is -0.492 e. The highest BCUT2D eigenvalue weighted by molar-refractivity contribution is 5.74. The molecule has 30 heavy (non-hydrogen) atoms. The van der Waals surface area contributed by atoms with Crippen molar-refractivity contribution < 1.29 is 13.9 Å². The van der Waals surface area contributed by atoms with Gasteiger partial charge in [-0.15, -0.1) is 0 Å². The Balaban J connectivity index is 1.29. The highest BCUT2D eigenvalue weighted by atomic mass is 16.5. The van der Waals surface area contributed by atoms with Gasteiger partial charge in [0.15, 0.2) is 11.4 Å². The fraction of sp³-hybridized carbons (Fsp3) is 0.318. The molecule has 0 aliphatic rings. The maximum absolute atomic E-state index is 5.88. The van der Waals surface area contributed by atoms with Crippen LogP contribution in [-0.4, -0.2) is 47.0 Å². The number of benzene rings is 2. The van der Waals surface area contributed by atoms with Gasteiger partial charge in [0.2, 0.25) is 0 Å². The van der Waals surface area contributed by atoms with Gasteiger partial charge in [0.1, 0.15) is 30.3 Å². The largest absolute Gasteiger partial charge is 0.492 e. The number of hydrogen-bond donors (Lipinski definition) is 1. The Bertz CT molecular complexity index is 1010. The molecule has 2 heterocycles. The molecule has 0 spiro atoms. The normalized spacial score (nSPS) is 12.2. The molecule has 8 nitrogen and oxygen atoms in total. The zero-order chi connectivity index (χ0) is 20.8. The van der Waals surface area contributed by atoms with Gasteiger partial charge in [-0.1, -0.05) is 24.3 Å². The van der Waals surface area contributed by atoms with Crippen molar-refractivity contribution in [2.24, 2.45) is 0 Å². The summed E-state index contributed by atoms with van der Waals surface area (Å²) < 4.78 is 17.4. The third-order valence-electron chi connectivity index (χ3n) is 4.76. The number of nitrogens with one attached hydrogen (secondary N) is 1. The zero-order valence-electron chi connectivity index (χ0n) is 17.1. The van der Waals surface area contributed by atoms with E-state index >= 15 is 0 Å². The minimum atomic E-state index is -0.144. The fourth-order valence-electron chi connectivity index (χ4n) is 3.16. The van der Waals surface area contributed by atoms with Crippen LogP contribution in [0.25, 0.3) is 11.1 Å². The molecule has 0 aliphatic heterocycles. The molecule has 1 N–H and O–H groups in total. The molecular formula is C22H25N5O3. The van der Waals surface area contributed by atoms with E-state index in [9.17, 15) is 0 Å². The molecule has 0 aliphatic carbocycles. The lowest BCUT2D eigenvalue weighted by Gasteiger charge is -2.16. The Morgan fingerprint density at radius 1 is 1.13 bits per heavy atom. The second kappa shape index (κ2) is 9.41. The highest BCUT2D eigenvalue weighted by Gasteiger charge is 2.15. The summed E-state index contributed by atoms with van der Waals surface area (Å²) in [6.45, 7) is 3.76. The first-order chi connectivity index (χ1) is 14.7. The first-order valence-electron chi connectivity index (χ1n) is 9.98. The number of aromatic nitrogens is 4. The van der Waals surface area contributed by atoms with Gasteiger partial charge in [-0.25, -0.2) is 4.98 Å². The Morgan fingerprint density at radius 2 is 1.97 bits per heavy atom. The van der Waals surface area contributed by atoms with E-state index in [2.05, 4.69) is 20.2 Å². The average molecular weight is 407 g/mol. The van der Waals surface area contributed by atoms with Crippen molar-refractivity contribution in [3.8, 4) is 5.75 Å². The average Bonchev–Trinajstić information content (AvgIpc) is 3.44. The van der Waals surface area contributed by atoms with Gasteiger partial charge in [-0.05, 0) is 36.8 Å². The number of H-pyrrole nitrogens is 1. The number of hydrogen-bond acceptors (Lipinski definition) is 7. The van der Waals surface area contributed by atoms with E-state index in [1.54, 1.807) is 0 Å². The van der Waals surface area contributed by atoms with E-state index < -0.39 is 0 Å². The van der Waals surface area contributed by atoms with Gasteiger partial charge in [-0.3, -0.25) is 5.10 Å². The zero-order valence-corrected chi connectivity index (χ0v) is 17.1. The minimum absolute atomic E-state index is 0.144. The predicted octanol–water partition coefficient (Wildman–Crippen LogP) is 3.78. The van der Waals surface area contributed by atoms with Crippen LogP contribution in [0.2, 0.25) is 0 Å². The summed E-state index contributed by atoms with van der Waals surface area (Å²) in [7, 11) is 1.94. The molecule has 4 aromatic rings.